The van der Waals surface area contributed by atoms with Gasteiger partial charge in [0.05, 0.1) is 17.2 Å². The van der Waals surface area contributed by atoms with E-state index in [4.69, 9.17) is 14.0 Å². The van der Waals surface area contributed by atoms with Crippen LogP contribution in [0.1, 0.15) is 76.6 Å². The fourth-order valence-corrected chi connectivity index (χ4v) is 3.60. The lowest BCUT2D eigenvalue weighted by Crippen LogP contribution is -2.37. The maximum absolute atomic E-state index is 12.8. The Labute approximate surface area is 177 Å². The average Bonchev–Trinajstić information content (AvgIpc) is 3.42. The van der Waals surface area contributed by atoms with Crippen molar-refractivity contribution in [1.82, 2.24) is 14.9 Å². The number of aromatic nitrogens is 1. The molecule has 3 amide bonds. The van der Waals surface area contributed by atoms with E-state index in [1.165, 1.54) is 17.0 Å². The Morgan fingerprint density at radius 2 is 1.77 bits per heavy atom. The van der Waals surface area contributed by atoms with Crippen LogP contribution in [-0.2, 0) is 9.57 Å². The smallest absolute Gasteiger partial charge is 0.410 e. The molecular formula is C21H21N3O7. The number of benzene rings is 1. The molecule has 10 heteroatoms. The predicted molar refractivity (Wildman–Crippen MR) is 104 cm³/mol. The molecule has 0 spiro atoms. The van der Waals surface area contributed by atoms with Crippen molar-refractivity contribution in [3.05, 3.63) is 53.2 Å². The van der Waals surface area contributed by atoms with Gasteiger partial charge in [0.2, 0.25) is 0 Å². The van der Waals surface area contributed by atoms with Crippen LogP contribution in [0.2, 0.25) is 0 Å². The van der Waals surface area contributed by atoms with Crippen LogP contribution in [0.15, 0.2) is 35.1 Å². The third-order valence-corrected chi connectivity index (χ3v) is 4.90. The summed E-state index contributed by atoms with van der Waals surface area (Å²) in [7, 11) is 0. The summed E-state index contributed by atoms with van der Waals surface area (Å²) in [5.74, 6) is -2.40. The van der Waals surface area contributed by atoms with E-state index in [1.807, 2.05) is 0 Å². The SMILES string of the molecule is CC(C)(C)OC(=O)N1CCCC1c1ocnc1C(=O)ON1C(=O)c2ccccc2C1=O. The highest BCUT2D eigenvalue weighted by Gasteiger charge is 2.42. The van der Waals surface area contributed by atoms with Crippen molar-refractivity contribution < 1.29 is 33.2 Å². The number of carbonyl (C=O) groups is 4. The van der Waals surface area contributed by atoms with Crippen molar-refractivity contribution in [2.45, 2.75) is 45.3 Å². The fraction of sp³-hybridized carbons (Fsp3) is 0.381. The van der Waals surface area contributed by atoms with Crippen molar-refractivity contribution >= 4 is 23.9 Å². The van der Waals surface area contributed by atoms with Crippen LogP contribution in [-0.4, -0.2) is 51.0 Å². The second-order valence-corrected chi connectivity index (χ2v) is 8.23. The molecule has 0 N–H and O–H groups in total. The van der Waals surface area contributed by atoms with Gasteiger partial charge in [-0.3, -0.25) is 14.5 Å². The fourth-order valence-electron chi connectivity index (χ4n) is 3.60. The summed E-state index contributed by atoms with van der Waals surface area (Å²) in [5, 5.41) is 0.408. The van der Waals surface area contributed by atoms with Crippen LogP contribution < -0.4 is 0 Å². The number of ether oxygens (including phenoxy) is 1. The average molecular weight is 427 g/mol. The predicted octanol–water partition coefficient (Wildman–Crippen LogP) is 3.11. The Balaban J connectivity index is 1.53. The van der Waals surface area contributed by atoms with E-state index in [0.29, 0.717) is 24.4 Å². The molecule has 1 unspecified atom stereocenters. The van der Waals surface area contributed by atoms with Gasteiger partial charge in [-0.15, -0.1) is 0 Å². The number of hydroxylamine groups is 2. The van der Waals surface area contributed by atoms with E-state index in [0.717, 1.165) is 6.39 Å². The minimum absolute atomic E-state index is 0.116. The third kappa shape index (κ3) is 3.76. The zero-order valence-electron chi connectivity index (χ0n) is 17.3. The van der Waals surface area contributed by atoms with Gasteiger partial charge in [0.15, 0.2) is 17.8 Å². The topological polar surface area (TPSA) is 119 Å². The van der Waals surface area contributed by atoms with Crippen molar-refractivity contribution in [2.75, 3.05) is 6.54 Å². The Bertz CT molecular complexity index is 1030. The number of fused-ring (bicyclic) bond motifs is 1. The highest BCUT2D eigenvalue weighted by atomic mass is 16.7. The highest BCUT2D eigenvalue weighted by molar-refractivity contribution is 6.21. The summed E-state index contributed by atoms with van der Waals surface area (Å²) < 4.78 is 10.8. The minimum Gasteiger partial charge on any atom is -0.445 e. The van der Waals surface area contributed by atoms with E-state index in [9.17, 15) is 19.2 Å². The molecule has 3 heterocycles. The maximum atomic E-state index is 12.8. The molecule has 4 rings (SSSR count). The summed E-state index contributed by atoms with van der Waals surface area (Å²) in [4.78, 5) is 60.7. The van der Waals surface area contributed by atoms with Gasteiger partial charge in [-0.05, 0) is 45.7 Å². The number of amides is 3. The largest absolute Gasteiger partial charge is 0.445 e. The summed E-state index contributed by atoms with van der Waals surface area (Å²) in [6.07, 6.45) is 1.73. The number of carbonyl (C=O) groups excluding carboxylic acids is 4. The molecule has 0 bridgehead atoms. The van der Waals surface area contributed by atoms with Crippen LogP contribution in [0.4, 0.5) is 4.79 Å². The van der Waals surface area contributed by atoms with E-state index < -0.39 is 35.5 Å². The summed E-state index contributed by atoms with van der Waals surface area (Å²) >= 11 is 0. The first-order valence-electron chi connectivity index (χ1n) is 9.80. The number of rotatable bonds is 3. The third-order valence-electron chi connectivity index (χ3n) is 4.90. The molecule has 1 atom stereocenters. The first-order chi connectivity index (χ1) is 14.7. The van der Waals surface area contributed by atoms with Gasteiger partial charge in [0.25, 0.3) is 11.8 Å². The molecule has 31 heavy (non-hydrogen) atoms. The van der Waals surface area contributed by atoms with Crippen LogP contribution in [0.5, 0.6) is 0 Å². The van der Waals surface area contributed by atoms with Crippen molar-refractivity contribution in [1.29, 1.82) is 0 Å². The van der Waals surface area contributed by atoms with E-state index in [1.54, 1.807) is 32.9 Å². The number of hydrogen-bond acceptors (Lipinski definition) is 8. The van der Waals surface area contributed by atoms with E-state index >= 15 is 0 Å². The highest BCUT2D eigenvalue weighted by Crippen LogP contribution is 2.35. The first-order valence-corrected chi connectivity index (χ1v) is 9.80. The number of imide groups is 1. The monoisotopic (exact) mass is 427 g/mol. The molecule has 2 aliphatic heterocycles. The van der Waals surface area contributed by atoms with Crippen molar-refractivity contribution in [3.8, 4) is 0 Å². The van der Waals surface area contributed by atoms with Crippen molar-refractivity contribution in [3.63, 3.8) is 0 Å². The molecule has 1 saturated heterocycles. The Kier molecular flexibility index (Phi) is 5.00. The summed E-state index contributed by atoms with van der Waals surface area (Å²) in [6.45, 7) is 5.70. The Hall–Kier alpha value is -3.69. The molecule has 10 nitrogen and oxygen atoms in total. The maximum Gasteiger partial charge on any atom is 0.410 e. The van der Waals surface area contributed by atoms with Gasteiger partial charge in [-0.2, -0.15) is 0 Å². The Morgan fingerprint density at radius 1 is 1.13 bits per heavy atom. The second kappa shape index (κ2) is 7.53. The van der Waals surface area contributed by atoms with Crippen molar-refractivity contribution in [2.24, 2.45) is 0 Å². The molecule has 2 aliphatic rings. The lowest BCUT2D eigenvalue weighted by atomic mass is 10.1. The van der Waals surface area contributed by atoms with Gasteiger partial charge < -0.3 is 14.0 Å². The molecule has 1 fully saturated rings. The Morgan fingerprint density at radius 3 is 2.39 bits per heavy atom. The molecule has 1 aromatic carbocycles. The zero-order valence-corrected chi connectivity index (χ0v) is 17.3. The minimum atomic E-state index is -1.03. The summed E-state index contributed by atoms with van der Waals surface area (Å²) in [5.41, 5.74) is -0.601. The van der Waals surface area contributed by atoms with Crippen LogP contribution >= 0.6 is 0 Å². The molecule has 0 radical (unpaired) electrons. The van der Waals surface area contributed by atoms with E-state index in [-0.39, 0.29) is 22.6 Å². The molecule has 2 aromatic rings. The van der Waals surface area contributed by atoms with Gasteiger partial charge in [0, 0.05) is 6.54 Å². The van der Waals surface area contributed by atoms with Gasteiger partial charge in [-0.1, -0.05) is 17.2 Å². The molecule has 1 aromatic heterocycles. The van der Waals surface area contributed by atoms with Crippen LogP contribution in [0.3, 0.4) is 0 Å². The molecule has 162 valence electrons. The molecule has 0 aliphatic carbocycles. The first kappa shape index (κ1) is 20.6. The van der Waals surface area contributed by atoms with Gasteiger partial charge >= 0.3 is 12.1 Å². The number of likely N-dealkylation sites (tertiary alicyclic amines) is 1. The standard InChI is InChI=1S/C21H21N3O7/c1-21(2,3)30-20(28)23-10-6-9-14(23)16-15(22-11-29-16)19(27)31-24-17(25)12-7-4-5-8-13(12)18(24)26/h4-5,7-8,11,14H,6,9-10H2,1-3H3. The zero-order chi connectivity index (χ0) is 22.3. The number of nitrogens with zero attached hydrogens (tertiary/aromatic N) is 3. The van der Waals surface area contributed by atoms with E-state index in [2.05, 4.69) is 4.98 Å². The number of hydrogen-bond donors (Lipinski definition) is 0. The second-order valence-electron chi connectivity index (χ2n) is 8.23. The lowest BCUT2D eigenvalue weighted by Gasteiger charge is -2.27. The quantitative estimate of drug-likeness (QED) is 0.686. The van der Waals surface area contributed by atoms with Gasteiger partial charge in [0.1, 0.15) is 5.60 Å². The lowest BCUT2D eigenvalue weighted by molar-refractivity contribution is -0.0590. The molecular weight excluding hydrogens is 406 g/mol. The van der Waals surface area contributed by atoms with Crippen LogP contribution in [0, 0.1) is 0 Å². The molecule has 0 saturated carbocycles. The van der Waals surface area contributed by atoms with Gasteiger partial charge in [-0.25, -0.2) is 14.6 Å². The normalized spacial score (nSPS) is 18.4. The van der Waals surface area contributed by atoms with Crippen LogP contribution in [0.25, 0.3) is 0 Å². The summed E-state index contributed by atoms with van der Waals surface area (Å²) in [6, 6.07) is 5.58. The number of oxazole rings is 1.